The first-order valence-corrected chi connectivity index (χ1v) is 21.9. The van der Waals surface area contributed by atoms with Crippen LogP contribution in [-0.2, 0) is 20.2 Å². The quantitative estimate of drug-likeness (QED) is 0.0327. The molecule has 4 aromatic carbocycles. The molecule has 0 aliphatic rings. The van der Waals surface area contributed by atoms with E-state index in [0.29, 0.717) is 11.5 Å². The number of aliphatic hydroxyl groups excluding tert-OH is 4. The summed E-state index contributed by atoms with van der Waals surface area (Å²) in [7, 11) is -9.91. The molecule has 0 saturated carbocycles. The summed E-state index contributed by atoms with van der Waals surface area (Å²) in [6.45, 7) is 5.48. The molecule has 4 atom stereocenters. The van der Waals surface area contributed by atoms with E-state index >= 15 is 0 Å². The van der Waals surface area contributed by atoms with Gasteiger partial charge in [-0.2, -0.15) is 46.7 Å². The molecule has 0 bridgehead atoms. The van der Waals surface area contributed by atoms with Gasteiger partial charge in [-0.3, -0.25) is 18.9 Å². The minimum atomic E-state index is -4.95. The zero-order chi connectivity index (χ0) is 46.3. The normalized spacial score (nSPS) is 13.7. The molecule has 336 valence electrons. The summed E-state index contributed by atoms with van der Waals surface area (Å²) in [5.41, 5.74) is -0.156. The summed E-state index contributed by atoms with van der Waals surface area (Å²) in [4.78, 5) is 26.2. The number of aromatic nitrogens is 6. The number of hydrogen-bond acceptors (Lipinski definition) is 20. The lowest BCUT2D eigenvalue weighted by Gasteiger charge is -2.28. The molecule has 6 aromatic rings. The third-order valence-corrected chi connectivity index (χ3v) is 10.5. The van der Waals surface area contributed by atoms with Gasteiger partial charge in [0.05, 0.1) is 0 Å². The Morgan fingerprint density at radius 2 is 0.859 bits per heavy atom. The van der Waals surface area contributed by atoms with Crippen LogP contribution in [-0.4, -0.2) is 101 Å². The van der Waals surface area contributed by atoms with Crippen molar-refractivity contribution in [2.75, 3.05) is 20.4 Å². The fourth-order valence-corrected chi connectivity index (χ4v) is 7.41. The zero-order valence-electron chi connectivity index (χ0n) is 34.2. The van der Waals surface area contributed by atoms with Crippen molar-refractivity contribution in [1.82, 2.24) is 29.9 Å². The number of benzene rings is 4. The van der Waals surface area contributed by atoms with Crippen molar-refractivity contribution in [2.45, 2.75) is 62.4 Å². The largest absolute Gasteiger partial charge is 0.424 e. The van der Waals surface area contributed by atoms with Gasteiger partial charge in [0.15, 0.2) is 0 Å². The van der Waals surface area contributed by atoms with Gasteiger partial charge in [-0.25, -0.2) is 0 Å². The van der Waals surface area contributed by atoms with Gasteiger partial charge in [-0.05, 0) is 87.4 Å². The summed E-state index contributed by atoms with van der Waals surface area (Å²) in [6, 6.07) is 23.8. The van der Waals surface area contributed by atoms with Crippen LogP contribution in [0.3, 0.4) is 0 Å². The van der Waals surface area contributed by atoms with Crippen molar-refractivity contribution >= 4 is 67.6 Å². The number of nitrogens with zero attached hydrogens (tertiary/aromatic N) is 8. The second-order valence-electron chi connectivity index (χ2n) is 13.7. The average molecular weight is 919 g/mol. The molecule has 64 heavy (non-hydrogen) atoms. The Labute approximate surface area is 366 Å². The molecule has 2 heterocycles. The summed E-state index contributed by atoms with van der Waals surface area (Å²) in [5.74, 6) is -0.156. The van der Waals surface area contributed by atoms with E-state index in [1.807, 2.05) is 0 Å². The van der Waals surface area contributed by atoms with Crippen LogP contribution in [0.5, 0.6) is 23.5 Å². The highest BCUT2D eigenvalue weighted by Gasteiger charge is 2.25. The Hall–Kier alpha value is -6.90. The van der Waals surface area contributed by atoms with Crippen LogP contribution in [0, 0.1) is 0 Å². The lowest BCUT2D eigenvalue weighted by atomic mass is 10.1. The van der Waals surface area contributed by atoms with E-state index in [9.17, 15) is 46.4 Å². The number of nitrogens with one attached hydrogen (secondary N) is 2. The number of ether oxygens (including phenoxy) is 2. The molecular formula is C40H42N10O12S2. The number of hydrogen-bond donors (Lipinski definition) is 8. The molecule has 22 nitrogen and oxygen atoms in total. The van der Waals surface area contributed by atoms with Crippen LogP contribution in [0.2, 0.25) is 0 Å². The van der Waals surface area contributed by atoms with Gasteiger partial charge in [-0.1, -0.05) is 60.7 Å². The highest BCUT2D eigenvalue weighted by atomic mass is 32.2. The van der Waals surface area contributed by atoms with E-state index in [1.165, 1.54) is 64.1 Å². The molecule has 0 saturated heterocycles. The number of aliphatic hydroxyl groups is 4. The molecule has 2 aromatic heterocycles. The van der Waals surface area contributed by atoms with Gasteiger partial charge < -0.3 is 40.5 Å². The molecule has 4 unspecified atom stereocenters. The van der Waals surface area contributed by atoms with Gasteiger partial charge in [0.25, 0.3) is 20.2 Å². The Morgan fingerprint density at radius 3 is 1.17 bits per heavy atom. The van der Waals surface area contributed by atoms with Crippen molar-refractivity contribution in [3.05, 3.63) is 108 Å². The highest BCUT2D eigenvalue weighted by molar-refractivity contribution is 7.86. The first-order valence-electron chi connectivity index (χ1n) is 19.0. The van der Waals surface area contributed by atoms with E-state index in [1.54, 1.807) is 60.7 Å². The molecule has 0 aliphatic carbocycles. The Kier molecular flexibility index (Phi) is 14.3. The fraction of sp³-hybridized carbons (Fsp3) is 0.200. The molecule has 0 amide bonds. The van der Waals surface area contributed by atoms with Crippen molar-refractivity contribution < 1.29 is 55.8 Å². The molecule has 0 fully saturated rings. The Morgan fingerprint density at radius 1 is 0.516 bits per heavy atom. The van der Waals surface area contributed by atoms with E-state index in [-0.39, 0.29) is 58.3 Å². The maximum absolute atomic E-state index is 12.7. The van der Waals surface area contributed by atoms with Crippen LogP contribution >= 0.6 is 0 Å². The molecule has 8 N–H and O–H groups in total. The lowest BCUT2D eigenvalue weighted by molar-refractivity contribution is 0.102. The van der Waals surface area contributed by atoms with Crippen molar-refractivity contribution in [1.29, 1.82) is 0 Å². The smallest absolute Gasteiger partial charge is 0.328 e. The first-order chi connectivity index (χ1) is 30.2. The van der Waals surface area contributed by atoms with Crippen LogP contribution in [0.1, 0.15) is 38.8 Å². The molecule has 24 heteroatoms. The van der Waals surface area contributed by atoms with Gasteiger partial charge in [-0.15, -0.1) is 0 Å². The second kappa shape index (κ2) is 19.7. The van der Waals surface area contributed by atoms with E-state index in [4.69, 9.17) is 9.47 Å². The van der Waals surface area contributed by atoms with Crippen molar-refractivity contribution in [3.63, 3.8) is 0 Å². The Balaban J connectivity index is 1.32. The summed E-state index contributed by atoms with van der Waals surface area (Å²) in [6.07, 6.45) is -2.71. The summed E-state index contributed by atoms with van der Waals surface area (Å²) in [5, 5.41) is 47.0. The van der Waals surface area contributed by atoms with Gasteiger partial charge >= 0.3 is 12.0 Å². The fourth-order valence-electron chi connectivity index (χ4n) is 5.99. The van der Waals surface area contributed by atoms with Crippen LogP contribution in [0.25, 0.3) is 12.2 Å². The number of anilines is 6. The third-order valence-electron chi connectivity index (χ3n) is 8.72. The molecule has 0 radical (unpaired) electrons. The average Bonchev–Trinajstić information content (AvgIpc) is 3.20. The van der Waals surface area contributed by atoms with Gasteiger partial charge in [0.1, 0.15) is 46.2 Å². The van der Waals surface area contributed by atoms with E-state index in [2.05, 4.69) is 40.5 Å². The monoisotopic (exact) mass is 918 g/mol. The zero-order valence-corrected chi connectivity index (χ0v) is 35.9. The predicted molar refractivity (Wildman–Crippen MR) is 232 cm³/mol. The third kappa shape index (κ3) is 12.0. The minimum Gasteiger partial charge on any atom is -0.424 e. The Bertz CT molecular complexity index is 2630. The SMILES string of the molecule is CC(O)N(c1nc(Nc2ccc(C=Cc3ccc(Nc4nc(Oc5ccccc5)nc(N(C(C)O)C(C)O)n4)cc3S(=O)(=O)O)c(S(=O)(=O)O)c2)nc(Oc2ccccc2)n1)C(C)O. The summed E-state index contributed by atoms with van der Waals surface area (Å²) < 4.78 is 82.9. The van der Waals surface area contributed by atoms with Crippen LogP contribution < -0.4 is 29.9 Å². The maximum atomic E-state index is 12.7. The van der Waals surface area contributed by atoms with E-state index in [0.717, 1.165) is 21.9 Å². The van der Waals surface area contributed by atoms with E-state index < -0.39 is 54.9 Å². The number of rotatable bonds is 18. The van der Waals surface area contributed by atoms with Gasteiger partial charge in [0.2, 0.25) is 23.8 Å². The second-order valence-corrected chi connectivity index (χ2v) is 16.5. The standard InChI is InChI=1S/C40H42N10O12S2/c1-23(51)49(24(2)52)37-43-35(45-39(47-37)61-31-11-7-5-8-12-31)41-29-19-17-27(33(21-29)63(55,56)57)15-16-28-18-20-30(22-34(28)64(58,59)60)42-36-44-38(50(25(3)53)26(4)54)48-40(46-36)62-32-13-9-6-10-14-32/h5-26,51-54H,1-4H3,(H,55,56,57)(H,58,59,60)(H,41,43,45,47)(H,42,44,46,48). The highest BCUT2D eigenvalue weighted by Crippen LogP contribution is 2.30. The minimum absolute atomic E-state index is 0.0334. The van der Waals surface area contributed by atoms with Gasteiger partial charge in [0, 0.05) is 11.4 Å². The maximum Gasteiger partial charge on any atom is 0.328 e. The molecule has 0 aliphatic heterocycles. The number of para-hydroxylation sites is 2. The first kappa shape index (κ1) is 46.6. The molecular weight excluding hydrogens is 877 g/mol. The molecule has 6 rings (SSSR count). The summed E-state index contributed by atoms with van der Waals surface area (Å²) >= 11 is 0. The van der Waals surface area contributed by atoms with Crippen molar-refractivity contribution in [2.24, 2.45) is 0 Å². The topological polar surface area (TPSA) is 316 Å². The van der Waals surface area contributed by atoms with Crippen LogP contribution in [0.4, 0.5) is 35.2 Å². The lowest BCUT2D eigenvalue weighted by Crippen LogP contribution is -2.41. The predicted octanol–water partition coefficient (Wildman–Crippen LogP) is 4.76. The van der Waals surface area contributed by atoms with Crippen LogP contribution in [0.15, 0.2) is 107 Å². The van der Waals surface area contributed by atoms with Crippen molar-refractivity contribution in [3.8, 4) is 23.5 Å². The molecule has 0 spiro atoms.